The molecule has 1 aromatic carbocycles. The second-order valence-electron chi connectivity index (χ2n) is 4.39. The van der Waals surface area contributed by atoms with Crippen molar-refractivity contribution in [1.29, 1.82) is 0 Å². The van der Waals surface area contributed by atoms with E-state index < -0.39 is 0 Å². The van der Waals surface area contributed by atoms with Gasteiger partial charge in [0.05, 0.1) is 4.92 Å². The summed E-state index contributed by atoms with van der Waals surface area (Å²) in [5, 5.41) is 14.1. The summed E-state index contributed by atoms with van der Waals surface area (Å²) in [6, 6.07) is 5.50. The molecule has 0 bridgehead atoms. The molecule has 1 atom stereocenters. The number of benzene rings is 1. The molecule has 1 N–H and O–H groups in total. The predicted molar refractivity (Wildman–Crippen MR) is 70.4 cm³/mol. The monoisotopic (exact) mass is 236 g/mol. The zero-order chi connectivity index (χ0) is 12.8. The van der Waals surface area contributed by atoms with Crippen molar-refractivity contribution in [3.05, 3.63) is 33.9 Å². The van der Waals surface area contributed by atoms with Gasteiger partial charge in [0.1, 0.15) is 0 Å². The Bertz CT molecular complexity index is 391. The quantitative estimate of drug-likeness (QED) is 0.602. The lowest BCUT2D eigenvalue weighted by Crippen LogP contribution is -2.15. The van der Waals surface area contributed by atoms with Gasteiger partial charge in [0.25, 0.3) is 5.69 Å². The third kappa shape index (κ3) is 3.73. The smallest absolute Gasteiger partial charge is 0.274 e. The van der Waals surface area contributed by atoms with Crippen molar-refractivity contribution in [2.45, 2.75) is 46.1 Å². The molecule has 1 aromatic rings. The van der Waals surface area contributed by atoms with E-state index in [-0.39, 0.29) is 10.6 Å². The van der Waals surface area contributed by atoms with Gasteiger partial charge in [-0.15, -0.1) is 0 Å². The Balaban J connectivity index is 2.77. The lowest BCUT2D eigenvalue weighted by molar-refractivity contribution is -0.385. The van der Waals surface area contributed by atoms with Crippen LogP contribution < -0.4 is 5.32 Å². The van der Waals surface area contributed by atoms with Gasteiger partial charge in [0.2, 0.25) is 0 Å². The van der Waals surface area contributed by atoms with Crippen LogP contribution in [-0.2, 0) is 0 Å². The first-order valence-corrected chi connectivity index (χ1v) is 6.06. The second kappa shape index (κ2) is 6.23. The molecule has 0 aliphatic carbocycles. The fourth-order valence-corrected chi connectivity index (χ4v) is 1.83. The van der Waals surface area contributed by atoms with E-state index in [1.54, 1.807) is 13.0 Å². The third-order valence-corrected chi connectivity index (χ3v) is 2.89. The fourth-order valence-electron chi connectivity index (χ4n) is 1.83. The molecule has 0 saturated heterocycles. The number of anilines is 1. The zero-order valence-corrected chi connectivity index (χ0v) is 10.7. The van der Waals surface area contributed by atoms with Crippen LogP contribution in [0.15, 0.2) is 18.2 Å². The van der Waals surface area contributed by atoms with Crippen LogP contribution in [-0.4, -0.2) is 11.0 Å². The van der Waals surface area contributed by atoms with Crippen molar-refractivity contribution in [3.63, 3.8) is 0 Å². The first-order chi connectivity index (χ1) is 8.06. The van der Waals surface area contributed by atoms with Gasteiger partial charge in [-0.05, 0) is 26.3 Å². The Kier molecular flexibility index (Phi) is 4.94. The molecule has 0 aliphatic rings. The molecule has 0 amide bonds. The summed E-state index contributed by atoms with van der Waals surface area (Å²) in [4.78, 5) is 10.5. The first-order valence-electron chi connectivity index (χ1n) is 6.06. The molecule has 0 aliphatic heterocycles. The molecule has 1 rings (SSSR count). The van der Waals surface area contributed by atoms with Crippen LogP contribution in [0.25, 0.3) is 0 Å². The van der Waals surface area contributed by atoms with Crippen molar-refractivity contribution < 1.29 is 4.92 Å². The van der Waals surface area contributed by atoms with E-state index in [1.165, 1.54) is 18.9 Å². The molecule has 4 heteroatoms. The molecule has 0 fully saturated rings. The highest BCUT2D eigenvalue weighted by molar-refractivity contribution is 5.60. The van der Waals surface area contributed by atoms with Gasteiger partial charge in [-0.2, -0.15) is 0 Å². The minimum Gasteiger partial charge on any atom is -0.382 e. The number of hydrogen-bond donors (Lipinski definition) is 1. The normalized spacial score (nSPS) is 12.2. The Morgan fingerprint density at radius 3 is 2.76 bits per heavy atom. The lowest BCUT2D eigenvalue weighted by Gasteiger charge is -2.16. The fraction of sp³-hybridized carbons (Fsp3) is 0.538. The number of unbranched alkanes of at least 4 members (excludes halogenated alkanes) is 1. The van der Waals surface area contributed by atoms with E-state index in [0.717, 1.165) is 12.1 Å². The zero-order valence-electron chi connectivity index (χ0n) is 10.7. The number of nitro benzene ring substituents is 1. The highest BCUT2D eigenvalue weighted by Gasteiger charge is 2.13. The van der Waals surface area contributed by atoms with Gasteiger partial charge >= 0.3 is 0 Å². The number of nitrogens with zero attached hydrogens (tertiary/aromatic N) is 1. The maximum Gasteiger partial charge on any atom is 0.274 e. The average molecular weight is 236 g/mol. The molecule has 0 spiro atoms. The minimum absolute atomic E-state index is 0.178. The minimum atomic E-state index is -0.336. The van der Waals surface area contributed by atoms with Crippen LogP contribution in [0.2, 0.25) is 0 Å². The molecule has 1 unspecified atom stereocenters. The van der Waals surface area contributed by atoms with Crippen molar-refractivity contribution in [2.24, 2.45) is 0 Å². The summed E-state index contributed by atoms with van der Waals surface area (Å²) in [6.07, 6.45) is 3.42. The Morgan fingerprint density at radius 1 is 1.47 bits per heavy atom. The van der Waals surface area contributed by atoms with Gasteiger partial charge in [-0.3, -0.25) is 10.1 Å². The Hall–Kier alpha value is -1.58. The molecule has 4 nitrogen and oxygen atoms in total. The average Bonchev–Trinajstić information content (AvgIpc) is 2.28. The maximum atomic E-state index is 10.8. The number of nitrogens with one attached hydrogen (secondary N) is 1. The molecule has 0 aromatic heterocycles. The van der Waals surface area contributed by atoms with Crippen LogP contribution in [0.3, 0.4) is 0 Å². The number of nitro groups is 1. The van der Waals surface area contributed by atoms with Crippen LogP contribution in [0, 0.1) is 17.0 Å². The molecule has 0 saturated carbocycles. The third-order valence-electron chi connectivity index (χ3n) is 2.89. The van der Waals surface area contributed by atoms with E-state index in [0.29, 0.717) is 11.6 Å². The summed E-state index contributed by atoms with van der Waals surface area (Å²) in [5.41, 5.74) is 1.75. The van der Waals surface area contributed by atoms with E-state index in [4.69, 9.17) is 0 Å². The summed E-state index contributed by atoms with van der Waals surface area (Å²) in [5.74, 6) is 0. The SMILES string of the molecule is CCCCC(C)Nc1cccc([N+](=O)[O-])c1C. The molecule has 17 heavy (non-hydrogen) atoms. The first kappa shape index (κ1) is 13.5. The Morgan fingerprint density at radius 2 is 2.18 bits per heavy atom. The molecule has 0 radical (unpaired) electrons. The van der Waals surface area contributed by atoms with Gasteiger partial charge in [0, 0.05) is 23.4 Å². The molecular weight excluding hydrogens is 216 g/mol. The summed E-state index contributed by atoms with van der Waals surface area (Å²) >= 11 is 0. The van der Waals surface area contributed by atoms with Crippen molar-refractivity contribution in [2.75, 3.05) is 5.32 Å². The van der Waals surface area contributed by atoms with Gasteiger partial charge in [-0.1, -0.05) is 25.8 Å². The van der Waals surface area contributed by atoms with Gasteiger partial charge in [-0.25, -0.2) is 0 Å². The highest BCUT2D eigenvalue weighted by Crippen LogP contribution is 2.25. The molecule has 94 valence electrons. The Labute approximate surface area is 102 Å². The van der Waals surface area contributed by atoms with Crippen molar-refractivity contribution in [3.8, 4) is 0 Å². The largest absolute Gasteiger partial charge is 0.382 e. The number of hydrogen-bond acceptors (Lipinski definition) is 3. The molecule has 0 heterocycles. The molecular formula is C13H20N2O2. The predicted octanol–water partition coefficient (Wildman–Crippen LogP) is 3.89. The van der Waals surface area contributed by atoms with E-state index in [2.05, 4.69) is 19.2 Å². The van der Waals surface area contributed by atoms with Gasteiger partial charge in [0.15, 0.2) is 0 Å². The number of rotatable bonds is 6. The van der Waals surface area contributed by atoms with Crippen molar-refractivity contribution >= 4 is 11.4 Å². The highest BCUT2D eigenvalue weighted by atomic mass is 16.6. The van der Waals surface area contributed by atoms with Gasteiger partial charge < -0.3 is 5.32 Å². The lowest BCUT2D eigenvalue weighted by atomic mass is 10.1. The van der Waals surface area contributed by atoms with Crippen LogP contribution in [0.4, 0.5) is 11.4 Å². The summed E-state index contributed by atoms with van der Waals surface area (Å²) in [6.45, 7) is 6.05. The van der Waals surface area contributed by atoms with E-state index in [1.807, 2.05) is 6.07 Å². The topological polar surface area (TPSA) is 55.2 Å². The standard InChI is InChI=1S/C13H20N2O2/c1-4-5-7-10(2)14-12-8-6-9-13(11(12)3)15(16)17/h6,8-10,14H,4-5,7H2,1-3H3. The maximum absolute atomic E-state index is 10.8. The van der Waals surface area contributed by atoms with Crippen LogP contribution >= 0.6 is 0 Å². The van der Waals surface area contributed by atoms with Crippen LogP contribution in [0.1, 0.15) is 38.7 Å². The van der Waals surface area contributed by atoms with Crippen molar-refractivity contribution in [1.82, 2.24) is 0 Å². The summed E-state index contributed by atoms with van der Waals surface area (Å²) < 4.78 is 0. The second-order valence-corrected chi connectivity index (χ2v) is 4.39. The van der Waals surface area contributed by atoms with E-state index >= 15 is 0 Å². The summed E-state index contributed by atoms with van der Waals surface area (Å²) in [7, 11) is 0. The van der Waals surface area contributed by atoms with Crippen LogP contribution in [0.5, 0.6) is 0 Å². The van der Waals surface area contributed by atoms with E-state index in [9.17, 15) is 10.1 Å².